The summed E-state index contributed by atoms with van der Waals surface area (Å²) in [6, 6.07) is 29.5. The molecule has 2 amide bonds. The number of nitrogens with one attached hydrogen (secondary N) is 2. The van der Waals surface area contributed by atoms with Crippen molar-refractivity contribution in [1.82, 2.24) is 5.32 Å². The fourth-order valence-electron chi connectivity index (χ4n) is 3.44. The van der Waals surface area contributed by atoms with E-state index in [1.807, 2.05) is 6.07 Å². The van der Waals surface area contributed by atoms with Crippen LogP contribution in [0.1, 0.15) is 26.3 Å². The van der Waals surface area contributed by atoms with Crippen LogP contribution in [0.2, 0.25) is 10.0 Å². The summed E-state index contributed by atoms with van der Waals surface area (Å²) >= 11 is 13.4. The maximum Gasteiger partial charge on any atom is 0.272 e. The highest BCUT2D eigenvalue weighted by atomic mass is 35.5. The van der Waals surface area contributed by atoms with Gasteiger partial charge in [0.25, 0.3) is 11.8 Å². The SMILES string of the molecule is O=C(Nc1cccc(SCC(=O)c2ccc(Cl)cc2)c1)/C(=C/c1cccc(Cl)c1)NC(=O)c1ccccc1. The minimum absolute atomic E-state index is 0.0310. The Labute approximate surface area is 234 Å². The van der Waals surface area contributed by atoms with Crippen LogP contribution in [0.3, 0.4) is 0 Å². The van der Waals surface area contributed by atoms with Crippen molar-refractivity contribution < 1.29 is 14.4 Å². The number of hydrogen-bond donors (Lipinski definition) is 2. The molecule has 0 atom stereocenters. The van der Waals surface area contributed by atoms with Crippen LogP contribution in [0, 0.1) is 0 Å². The second-order valence-electron chi connectivity index (χ2n) is 8.13. The zero-order valence-corrected chi connectivity index (χ0v) is 22.3. The van der Waals surface area contributed by atoms with Crippen molar-refractivity contribution in [2.24, 2.45) is 0 Å². The van der Waals surface area contributed by atoms with Gasteiger partial charge in [-0.2, -0.15) is 0 Å². The van der Waals surface area contributed by atoms with E-state index in [0.29, 0.717) is 32.4 Å². The lowest BCUT2D eigenvalue weighted by atomic mass is 10.1. The second-order valence-corrected chi connectivity index (χ2v) is 10.1. The van der Waals surface area contributed by atoms with E-state index in [4.69, 9.17) is 23.2 Å². The quantitative estimate of drug-likeness (QED) is 0.127. The van der Waals surface area contributed by atoms with E-state index in [2.05, 4.69) is 10.6 Å². The summed E-state index contributed by atoms with van der Waals surface area (Å²) in [7, 11) is 0. The molecule has 190 valence electrons. The Morgan fingerprint density at radius 3 is 2.21 bits per heavy atom. The molecule has 8 heteroatoms. The number of hydrogen-bond acceptors (Lipinski definition) is 4. The molecule has 38 heavy (non-hydrogen) atoms. The Kier molecular flexibility index (Phi) is 9.38. The molecule has 4 aromatic carbocycles. The van der Waals surface area contributed by atoms with E-state index < -0.39 is 11.8 Å². The highest BCUT2D eigenvalue weighted by Gasteiger charge is 2.16. The molecule has 0 aliphatic heterocycles. The summed E-state index contributed by atoms with van der Waals surface area (Å²) in [5, 5.41) is 6.61. The predicted molar refractivity (Wildman–Crippen MR) is 155 cm³/mol. The molecule has 0 spiro atoms. The van der Waals surface area contributed by atoms with E-state index in [-0.39, 0.29) is 17.2 Å². The number of amides is 2. The third kappa shape index (κ3) is 7.83. The molecule has 0 aliphatic rings. The van der Waals surface area contributed by atoms with Crippen LogP contribution in [0.15, 0.2) is 114 Å². The first-order valence-corrected chi connectivity index (χ1v) is 13.3. The lowest BCUT2D eigenvalue weighted by molar-refractivity contribution is -0.113. The van der Waals surface area contributed by atoms with Crippen molar-refractivity contribution in [2.75, 3.05) is 11.1 Å². The molecule has 0 aromatic heterocycles. The zero-order valence-electron chi connectivity index (χ0n) is 20.0. The first-order chi connectivity index (χ1) is 18.4. The minimum atomic E-state index is -0.506. The number of rotatable bonds is 9. The van der Waals surface area contributed by atoms with Crippen LogP contribution in [0.5, 0.6) is 0 Å². The maximum absolute atomic E-state index is 13.3. The summed E-state index contributed by atoms with van der Waals surface area (Å²) in [5.74, 6) is -0.726. The Bertz CT molecular complexity index is 1490. The lowest BCUT2D eigenvalue weighted by Gasteiger charge is -2.12. The van der Waals surface area contributed by atoms with E-state index >= 15 is 0 Å². The number of ketones is 1. The summed E-state index contributed by atoms with van der Waals surface area (Å²) in [6.45, 7) is 0. The van der Waals surface area contributed by atoms with Crippen LogP contribution < -0.4 is 10.6 Å². The Morgan fingerprint density at radius 1 is 0.737 bits per heavy atom. The van der Waals surface area contributed by atoms with Gasteiger partial charge in [0.2, 0.25) is 0 Å². The molecule has 4 rings (SSSR count). The molecule has 0 fully saturated rings. The number of Topliss-reactive ketones (excluding diaryl/α,β-unsaturated/α-hetero) is 1. The number of carbonyl (C=O) groups excluding carboxylic acids is 3. The highest BCUT2D eigenvalue weighted by Crippen LogP contribution is 2.24. The normalized spacial score (nSPS) is 11.1. The minimum Gasteiger partial charge on any atom is -0.321 e. The van der Waals surface area contributed by atoms with Crippen molar-refractivity contribution in [3.05, 3.63) is 136 Å². The van der Waals surface area contributed by atoms with Gasteiger partial charge in [0.15, 0.2) is 5.78 Å². The van der Waals surface area contributed by atoms with Crippen molar-refractivity contribution in [3.8, 4) is 0 Å². The first kappa shape index (κ1) is 27.2. The van der Waals surface area contributed by atoms with Gasteiger partial charge in [-0.3, -0.25) is 14.4 Å². The molecular weight excluding hydrogens is 539 g/mol. The van der Waals surface area contributed by atoms with Crippen LogP contribution in [-0.4, -0.2) is 23.4 Å². The molecule has 0 unspecified atom stereocenters. The Morgan fingerprint density at radius 2 is 1.47 bits per heavy atom. The van der Waals surface area contributed by atoms with Gasteiger partial charge < -0.3 is 10.6 Å². The molecule has 0 aliphatic carbocycles. The van der Waals surface area contributed by atoms with Crippen molar-refractivity contribution in [1.29, 1.82) is 0 Å². The van der Waals surface area contributed by atoms with Crippen LogP contribution in [0.4, 0.5) is 5.69 Å². The van der Waals surface area contributed by atoms with Gasteiger partial charge in [-0.05, 0) is 78.4 Å². The van der Waals surface area contributed by atoms with Gasteiger partial charge in [0, 0.05) is 31.8 Å². The van der Waals surface area contributed by atoms with Gasteiger partial charge in [-0.25, -0.2) is 0 Å². The standard InChI is InChI=1S/C30H22Cl2N2O3S/c31-23-14-12-21(13-15-23)28(35)19-38-26-11-5-10-25(18-26)33-30(37)27(17-20-6-4-9-24(32)16-20)34-29(36)22-7-2-1-3-8-22/h1-18H,19H2,(H,33,37)(H,34,36)/b27-17-. The molecule has 0 saturated carbocycles. The average molecular weight is 561 g/mol. The van der Waals surface area contributed by atoms with E-state index in [9.17, 15) is 14.4 Å². The van der Waals surface area contributed by atoms with Crippen molar-refractivity contribution in [2.45, 2.75) is 4.90 Å². The van der Waals surface area contributed by atoms with Crippen LogP contribution >= 0.6 is 35.0 Å². The molecule has 0 radical (unpaired) electrons. The van der Waals surface area contributed by atoms with Crippen LogP contribution in [0.25, 0.3) is 6.08 Å². The van der Waals surface area contributed by atoms with Gasteiger partial charge in [0.05, 0.1) is 5.75 Å². The first-order valence-electron chi connectivity index (χ1n) is 11.5. The predicted octanol–water partition coefficient (Wildman–Crippen LogP) is 7.38. The zero-order chi connectivity index (χ0) is 26.9. The van der Waals surface area contributed by atoms with Crippen molar-refractivity contribution >= 4 is 64.3 Å². The monoisotopic (exact) mass is 560 g/mol. The fraction of sp³-hybridized carbons (Fsp3) is 0.0333. The molecule has 5 nitrogen and oxygen atoms in total. The summed E-state index contributed by atoms with van der Waals surface area (Å²) in [4.78, 5) is 39.4. The molecule has 0 saturated heterocycles. The number of halogens is 2. The molecule has 2 N–H and O–H groups in total. The summed E-state index contributed by atoms with van der Waals surface area (Å²) in [6.07, 6.45) is 1.56. The van der Waals surface area contributed by atoms with Crippen LogP contribution in [-0.2, 0) is 4.79 Å². The largest absolute Gasteiger partial charge is 0.321 e. The number of anilines is 1. The highest BCUT2D eigenvalue weighted by molar-refractivity contribution is 8.00. The molecule has 4 aromatic rings. The van der Waals surface area contributed by atoms with Gasteiger partial charge in [-0.15, -0.1) is 11.8 Å². The van der Waals surface area contributed by atoms with Crippen molar-refractivity contribution in [3.63, 3.8) is 0 Å². The smallest absolute Gasteiger partial charge is 0.272 e. The number of benzene rings is 4. The van der Waals surface area contributed by atoms with E-state index in [1.54, 1.807) is 103 Å². The topological polar surface area (TPSA) is 75.3 Å². The Hall–Kier alpha value is -3.84. The number of thioether (sulfide) groups is 1. The van der Waals surface area contributed by atoms with Gasteiger partial charge in [-0.1, -0.05) is 59.6 Å². The fourth-order valence-corrected chi connectivity index (χ4v) is 4.61. The molecule has 0 bridgehead atoms. The lowest BCUT2D eigenvalue weighted by Crippen LogP contribution is -2.30. The average Bonchev–Trinajstić information content (AvgIpc) is 2.92. The molecular formula is C30H22Cl2N2O3S. The summed E-state index contributed by atoms with van der Waals surface area (Å²) in [5.41, 5.74) is 2.22. The number of carbonyl (C=O) groups is 3. The third-order valence-electron chi connectivity index (χ3n) is 5.32. The van der Waals surface area contributed by atoms with E-state index in [0.717, 1.165) is 4.90 Å². The van der Waals surface area contributed by atoms with Gasteiger partial charge in [0.1, 0.15) is 5.70 Å². The molecule has 0 heterocycles. The second kappa shape index (κ2) is 13.1. The van der Waals surface area contributed by atoms with Gasteiger partial charge >= 0.3 is 0 Å². The third-order valence-corrected chi connectivity index (χ3v) is 6.80. The van der Waals surface area contributed by atoms with E-state index in [1.165, 1.54) is 11.8 Å². The Balaban J connectivity index is 1.49. The summed E-state index contributed by atoms with van der Waals surface area (Å²) < 4.78 is 0. The maximum atomic E-state index is 13.3.